The first-order valence-electron chi connectivity index (χ1n) is 8.62. The molecule has 5 N–H and O–H groups in total. The highest BCUT2D eigenvalue weighted by atomic mass is 32.1. The van der Waals surface area contributed by atoms with Crippen molar-refractivity contribution >= 4 is 28.5 Å². The van der Waals surface area contributed by atoms with Gasteiger partial charge in [0.2, 0.25) is 5.91 Å². The maximum absolute atomic E-state index is 12.2. The average molecular weight is 388 g/mol. The maximum Gasteiger partial charge on any atom is 0.243 e. The van der Waals surface area contributed by atoms with Gasteiger partial charge in [-0.3, -0.25) is 4.79 Å². The molecule has 1 aliphatic heterocycles. The Morgan fingerprint density at radius 3 is 2.96 bits per heavy atom. The molecule has 3 rings (SSSR count). The molecule has 2 aromatic heterocycles. The van der Waals surface area contributed by atoms with Gasteiger partial charge >= 0.3 is 0 Å². The molecule has 2 atom stereocenters. The van der Waals surface area contributed by atoms with E-state index in [-0.39, 0.29) is 17.6 Å². The lowest BCUT2D eigenvalue weighted by molar-refractivity contribution is -0.117. The molecule has 0 fully saturated rings. The van der Waals surface area contributed by atoms with Crippen LogP contribution in [-0.4, -0.2) is 33.1 Å². The summed E-state index contributed by atoms with van der Waals surface area (Å²) >= 11 is 1.37. The highest BCUT2D eigenvalue weighted by Gasteiger charge is 2.25. The fourth-order valence-electron chi connectivity index (χ4n) is 2.38. The normalized spacial score (nSPS) is 18.1. The zero-order valence-electron chi connectivity index (χ0n) is 15.5. The van der Waals surface area contributed by atoms with E-state index < -0.39 is 6.04 Å². The van der Waals surface area contributed by atoms with E-state index in [1.807, 2.05) is 18.4 Å². The van der Waals surface area contributed by atoms with Gasteiger partial charge in [0.25, 0.3) is 0 Å². The van der Waals surface area contributed by atoms with E-state index in [1.54, 1.807) is 18.7 Å². The highest BCUT2D eigenvalue weighted by Crippen LogP contribution is 2.29. The van der Waals surface area contributed by atoms with Gasteiger partial charge < -0.3 is 26.1 Å². The molecule has 1 amide bonds. The predicted octanol–water partition coefficient (Wildman–Crippen LogP) is 2.22. The molecule has 27 heavy (non-hydrogen) atoms. The summed E-state index contributed by atoms with van der Waals surface area (Å²) < 4.78 is 5.85. The topological polar surface area (TPSA) is 118 Å². The molecule has 0 bridgehead atoms. The molecule has 0 saturated heterocycles. The lowest BCUT2D eigenvalue weighted by Gasteiger charge is -2.20. The average Bonchev–Trinajstić information content (AvgIpc) is 3.34. The first-order valence-corrected chi connectivity index (χ1v) is 9.44. The van der Waals surface area contributed by atoms with Crippen LogP contribution < -0.4 is 16.4 Å². The minimum Gasteiger partial charge on any atom is -0.469 e. The number of allylic oxidation sites excluding steroid dienone is 1. The van der Waals surface area contributed by atoms with Gasteiger partial charge in [0.15, 0.2) is 11.4 Å². The number of aromatic amines is 1. The Bertz CT molecular complexity index is 834. The third kappa shape index (κ3) is 5.18. The standard InChI is InChI=1S/C18H24N6O2S/c1-18(2,3)14-9-21-15(26-14)5-4-12-8-22-17(27-12)24-16(25)13(19)6-11-7-20-10-23-11/h4-5,7-10,13,15,21H,6,19H2,1-3H3,(H,20,23)(H,22,24,25)/b5-4+. The fourth-order valence-corrected chi connectivity index (χ4v) is 3.11. The summed E-state index contributed by atoms with van der Waals surface area (Å²) in [7, 11) is 0. The number of nitrogens with one attached hydrogen (secondary N) is 3. The monoisotopic (exact) mass is 388 g/mol. The lowest BCUT2D eigenvalue weighted by atomic mass is 9.95. The van der Waals surface area contributed by atoms with E-state index in [1.165, 1.54) is 11.3 Å². The number of carbonyl (C=O) groups is 1. The van der Waals surface area contributed by atoms with Crippen molar-refractivity contribution in [1.82, 2.24) is 20.3 Å². The van der Waals surface area contributed by atoms with Crippen LogP contribution in [0.2, 0.25) is 0 Å². The van der Waals surface area contributed by atoms with Gasteiger partial charge in [0.1, 0.15) is 5.76 Å². The van der Waals surface area contributed by atoms with Crippen LogP contribution in [0.15, 0.2) is 36.8 Å². The van der Waals surface area contributed by atoms with Crippen LogP contribution in [0.5, 0.6) is 0 Å². The Balaban J connectivity index is 1.50. The van der Waals surface area contributed by atoms with Crippen LogP contribution in [0.1, 0.15) is 31.3 Å². The predicted molar refractivity (Wildman–Crippen MR) is 106 cm³/mol. The summed E-state index contributed by atoms with van der Waals surface area (Å²) in [5.41, 5.74) is 6.70. The van der Waals surface area contributed by atoms with Gasteiger partial charge in [-0.15, -0.1) is 0 Å². The third-order valence-electron chi connectivity index (χ3n) is 3.89. The van der Waals surface area contributed by atoms with Crippen molar-refractivity contribution < 1.29 is 9.53 Å². The minimum atomic E-state index is -0.675. The zero-order chi connectivity index (χ0) is 19.4. The smallest absolute Gasteiger partial charge is 0.243 e. The van der Waals surface area contributed by atoms with Crippen molar-refractivity contribution in [2.45, 2.75) is 39.5 Å². The second-order valence-electron chi connectivity index (χ2n) is 7.27. The van der Waals surface area contributed by atoms with Crippen molar-refractivity contribution in [2.75, 3.05) is 5.32 Å². The van der Waals surface area contributed by atoms with Gasteiger partial charge in [-0.1, -0.05) is 32.1 Å². The van der Waals surface area contributed by atoms with Crippen LogP contribution in [0.3, 0.4) is 0 Å². The van der Waals surface area contributed by atoms with Crippen LogP contribution >= 0.6 is 11.3 Å². The molecule has 0 aliphatic carbocycles. The SMILES string of the molecule is CC(C)(C)C1=CNC(/C=C/c2cnc(NC(=O)C(N)Cc3cnc[nH]3)s2)O1. The van der Waals surface area contributed by atoms with Crippen molar-refractivity contribution in [3.63, 3.8) is 0 Å². The van der Waals surface area contributed by atoms with Gasteiger partial charge in [0.05, 0.1) is 12.4 Å². The van der Waals surface area contributed by atoms with Crippen molar-refractivity contribution in [1.29, 1.82) is 0 Å². The first kappa shape index (κ1) is 19.1. The zero-order valence-corrected chi connectivity index (χ0v) is 16.3. The quantitative estimate of drug-likeness (QED) is 0.603. The molecular weight excluding hydrogens is 364 g/mol. The number of anilines is 1. The Morgan fingerprint density at radius 1 is 1.48 bits per heavy atom. The number of imidazole rings is 1. The summed E-state index contributed by atoms with van der Waals surface area (Å²) in [5, 5.41) is 6.43. The van der Waals surface area contributed by atoms with Gasteiger partial charge in [-0.25, -0.2) is 9.97 Å². The number of aromatic nitrogens is 3. The summed E-state index contributed by atoms with van der Waals surface area (Å²) in [6, 6.07) is -0.675. The highest BCUT2D eigenvalue weighted by molar-refractivity contribution is 7.16. The number of nitrogens with two attached hydrogens (primary N) is 1. The molecule has 0 aromatic carbocycles. The van der Waals surface area contributed by atoms with Gasteiger partial charge in [-0.05, 0) is 12.2 Å². The molecule has 1 aliphatic rings. The number of carbonyl (C=O) groups excluding carboxylic acids is 1. The number of H-pyrrole nitrogens is 1. The fraction of sp³-hybridized carbons (Fsp3) is 0.389. The summed E-state index contributed by atoms with van der Waals surface area (Å²) in [6.07, 6.45) is 10.8. The number of hydrogen-bond acceptors (Lipinski definition) is 7. The van der Waals surface area contributed by atoms with E-state index in [0.717, 1.165) is 16.3 Å². The molecule has 0 spiro atoms. The number of rotatable bonds is 6. The number of amides is 1. The first-order chi connectivity index (χ1) is 12.8. The molecular formula is C18H24N6O2S. The number of thiazole rings is 1. The Morgan fingerprint density at radius 2 is 2.30 bits per heavy atom. The largest absolute Gasteiger partial charge is 0.469 e. The number of ether oxygens (including phenoxy) is 1. The van der Waals surface area contributed by atoms with Crippen LogP contribution in [0.25, 0.3) is 6.08 Å². The van der Waals surface area contributed by atoms with Crippen molar-refractivity contribution in [3.8, 4) is 0 Å². The Labute approximate surface area is 161 Å². The molecule has 9 heteroatoms. The van der Waals surface area contributed by atoms with Crippen molar-refractivity contribution in [3.05, 3.63) is 47.3 Å². The number of nitrogens with zero attached hydrogens (tertiary/aromatic N) is 2. The van der Waals surface area contributed by atoms with Crippen molar-refractivity contribution in [2.24, 2.45) is 11.1 Å². The second-order valence-corrected chi connectivity index (χ2v) is 8.33. The summed E-state index contributed by atoms with van der Waals surface area (Å²) in [4.78, 5) is 24.2. The molecule has 2 unspecified atom stereocenters. The molecule has 3 heterocycles. The van der Waals surface area contributed by atoms with E-state index in [0.29, 0.717) is 11.6 Å². The maximum atomic E-state index is 12.2. The molecule has 144 valence electrons. The number of hydrogen-bond donors (Lipinski definition) is 4. The van der Waals surface area contributed by atoms with E-state index in [2.05, 4.69) is 46.4 Å². The Kier molecular flexibility index (Phi) is 5.62. The third-order valence-corrected chi connectivity index (χ3v) is 4.77. The summed E-state index contributed by atoms with van der Waals surface area (Å²) in [6.45, 7) is 6.30. The summed E-state index contributed by atoms with van der Waals surface area (Å²) in [5.74, 6) is 0.634. The second kappa shape index (κ2) is 7.93. The van der Waals surface area contributed by atoms with Crippen LogP contribution in [0.4, 0.5) is 5.13 Å². The van der Waals surface area contributed by atoms with Gasteiger partial charge in [0, 0.05) is 41.0 Å². The molecule has 0 saturated carbocycles. The lowest BCUT2D eigenvalue weighted by Crippen LogP contribution is -2.37. The van der Waals surface area contributed by atoms with E-state index in [9.17, 15) is 4.79 Å². The van der Waals surface area contributed by atoms with Crippen LogP contribution in [-0.2, 0) is 16.0 Å². The van der Waals surface area contributed by atoms with E-state index >= 15 is 0 Å². The molecule has 0 radical (unpaired) electrons. The van der Waals surface area contributed by atoms with Crippen LogP contribution in [0, 0.1) is 5.41 Å². The van der Waals surface area contributed by atoms with E-state index in [4.69, 9.17) is 10.5 Å². The minimum absolute atomic E-state index is 0.0352. The van der Waals surface area contributed by atoms with Gasteiger partial charge in [-0.2, -0.15) is 0 Å². The Hall–Kier alpha value is -2.65. The molecule has 8 nitrogen and oxygen atoms in total. The molecule has 2 aromatic rings.